The van der Waals surface area contributed by atoms with Gasteiger partial charge in [-0.05, 0) is 47.4 Å². The van der Waals surface area contributed by atoms with E-state index in [0.717, 1.165) is 11.1 Å². The number of carbonyl (C=O) groups excluding carboxylic acids is 1. The predicted molar refractivity (Wildman–Crippen MR) is 89.6 cm³/mol. The minimum Gasteiger partial charge on any atom is -0.508 e. The summed E-state index contributed by atoms with van der Waals surface area (Å²) in [5, 5.41) is 9.19. The van der Waals surface area contributed by atoms with Crippen molar-refractivity contribution in [3.8, 4) is 11.5 Å². The molecule has 0 saturated heterocycles. The summed E-state index contributed by atoms with van der Waals surface area (Å²) >= 11 is 0. The van der Waals surface area contributed by atoms with Gasteiger partial charge in [-0.2, -0.15) is 0 Å². The zero-order chi connectivity index (χ0) is 16.8. The van der Waals surface area contributed by atoms with Gasteiger partial charge in [-0.15, -0.1) is 0 Å². The maximum atomic E-state index is 12.1. The van der Waals surface area contributed by atoms with Crippen LogP contribution in [0.15, 0.2) is 59.4 Å². The summed E-state index contributed by atoms with van der Waals surface area (Å²) in [4.78, 5) is 23.9. The van der Waals surface area contributed by atoms with Crippen molar-refractivity contribution in [2.45, 2.75) is 19.8 Å². The van der Waals surface area contributed by atoms with Crippen LogP contribution < -0.4 is 10.2 Å². The van der Waals surface area contributed by atoms with Crippen molar-refractivity contribution in [2.75, 3.05) is 0 Å². The number of rotatable bonds is 4. The first kappa shape index (κ1) is 16.5. The number of phenolic OH excluding ortho intramolecular Hbond substituents is 1. The summed E-state index contributed by atoms with van der Waals surface area (Å²) in [6, 6.07) is 12.9. The zero-order valence-electron chi connectivity index (χ0n) is 13.0. The highest BCUT2D eigenvalue weighted by atomic mass is 16.5. The molecule has 0 aliphatic rings. The molecule has 0 bridgehead atoms. The average Bonchev–Trinajstić information content (AvgIpc) is 2.69. The van der Waals surface area contributed by atoms with Gasteiger partial charge < -0.3 is 9.84 Å². The maximum absolute atomic E-state index is 12.1. The fourth-order valence-corrected chi connectivity index (χ4v) is 1.93. The molecule has 4 heteroatoms. The minimum absolute atomic E-state index is 0.00254. The normalized spacial score (nSPS) is 10.9. The molecule has 23 heavy (non-hydrogen) atoms. The lowest BCUT2D eigenvalue weighted by molar-refractivity contribution is -0.128. The van der Waals surface area contributed by atoms with Crippen LogP contribution in [0.3, 0.4) is 0 Å². The SMILES string of the molecule is CC(C)c1cccc(OC(=O)/C=C/c2ccc(O)cc2)c(=O)c1. The Bertz CT molecular complexity index is 774. The topological polar surface area (TPSA) is 63.6 Å². The summed E-state index contributed by atoms with van der Waals surface area (Å²) < 4.78 is 5.10. The van der Waals surface area contributed by atoms with Crippen LogP contribution in [0.2, 0.25) is 0 Å². The number of ether oxygens (including phenoxy) is 1. The van der Waals surface area contributed by atoms with Crippen LogP contribution in [0.1, 0.15) is 30.9 Å². The molecule has 0 aliphatic carbocycles. The van der Waals surface area contributed by atoms with Crippen LogP contribution in [0.4, 0.5) is 0 Å². The Balaban J connectivity index is 2.13. The smallest absolute Gasteiger partial charge is 0.336 e. The van der Waals surface area contributed by atoms with Gasteiger partial charge in [-0.1, -0.05) is 38.1 Å². The van der Waals surface area contributed by atoms with Crippen molar-refractivity contribution in [1.29, 1.82) is 0 Å². The lowest BCUT2D eigenvalue weighted by Crippen LogP contribution is -2.10. The van der Waals surface area contributed by atoms with Gasteiger partial charge >= 0.3 is 5.97 Å². The van der Waals surface area contributed by atoms with Crippen LogP contribution >= 0.6 is 0 Å². The summed E-state index contributed by atoms with van der Waals surface area (Å²) in [5.41, 5.74) is 1.30. The molecule has 0 fully saturated rings. The van der Waals surface area contributed by atoms with Gasteiger partial charge in [0, 0.05) is 6.08 Å². The van der Waals surface area contributed by atoms with Crippen molar-refractivity contribution in [1.82, 2.24) is 0 Å². The summed E-state index contributed by atoms with van der Waals surface area (Å²) in [6.45, 7) is 3.97. The molecule has 0 saturated carbocycles. The van der Waals surface area contributed by atoms with E-state index in [1.807, 2.05) is 19.9 Å². The second kappa shape index (κ2) is 7.40. The molecule has 2 aromatic rings. The highest BCUT2D eigenvalue weighted by Gasteiger charge is 2.06. The molecule has 1 N–H and O–H groups in total. The predicted octanol–water partition coefficient (Wildman–Crippen LogP) is 3.49. The summed E-state index contributed by atoms with van der Waals surface area (Å²) in [7, 11) is 0. The molecule has 0 atom stereocenters. The zero-order valence-corrected chi connectivity index (χ0v) is 13.0. The van der Waals surface area contributed by atoms with Crippen molar-refractivity contribution >= 4 is 12.0 Å². The lowest BCUT2D eigenvalue weighted by atomic mass is 10.1. The van der Waals surface area contributed by atoms with Gasteiger partial charge in [0.15, 0.2) is 5.75 Å². The van der Waals surface area contributed by atoms with E-state index in [-0.39, 0.29) is 22.8 Å². The van der Waals surface area contributed by atoms with Crippen LogP contribution in [0.25, 0.3) is 6.08 Å². The van der Waals surface area contributed by atoms with E-state index in [1.54, 1.807) is 24.3 Å². The number of carbonyl (C=O) groups is 1. The number of hydrogen-bond acceptors (Lipinski definition) is 4. The second-order valence-corrected chi connectivity index (χ2v) is 5.40. The second-order valence-electron chi connectivity index (χ2n) is 5.40. The lowest BCUT2D eigenvalue weighted by Gasteiger charge is -1.99. The van der Waals surface area contributed by atoms with E-state index in [1.165, 1.54) is 30.3 Å². The van der Waals surface area contributed by atoms with E-state index in [2.05, 4.69) is 0 Å². The van der Waals surface area contributed by atoms with Crippen molar-refractivity contribution in [2.24, 2.45) is 0 Å². The average molecular weight is 310 g/mol. The number of esters is 1. The van der Waals surface area contributed by atoms with Gasteiger partial charge in [-0.25, -0.2) is 4.79 Å². The molecule has 0 aliphatic heterocycles. The fourth-order valence-electron chi connectivity index (χ4n) is 1.93. The molecule has 2 aromatic carbocycles. The van der Waals surface area contributed by atoms with Crippen molar-refractivity contribution in [3.63, 3.8) is 0 Å². The van der Waals surface area contributed by atoms with E-state index in [9.17, 15) is 14.7 Å². The van der Waals surface area contributed by atoms with Crippen LogP contribution in [-0.4, -0.2) is 11.1 Å². The van der Waals surface area contributed by atoms with Crippen molar-refractivity contribution < 1.29 is 14.6 Å². The first-order chi connectivity index (χ1) is 11.0. The first-order valence-corrected chi connectivity index (χ1v) is 7.29. The molecule has 4 nitrogen and oxygen atoms in total. The van der Waals surface area contributed by atoms with Gasteiger partial charge in [0.25, 0.3) is 0 Å². The Morgan fingerprint density at radius 1 is 1.13 bits per heavy atom. The molecule has 2 rings (SSSR count). The molecule has 118 valence electrons. The third-order valence-electron chi connectivity index (χ3n) is 3.26. The largest absolute Gasteiger partial charge is 0.508 e. The summed E-state index contributed by atoms with van der Waals surface area (Å²) in [6.07, 6.45) is 2.79. The molecule has 0 unspecified atom stereocenters. The minimum atomic E-state index is -0.632. The number of hydrogen-bond donors (Lipinski definition) is 1. The van der Waals surface area contributed by atoms with E-state index < -0.39 is 5.97 Å². The van der Waals surface area contributed by atoms with Gasteiger partial charge in [0.2, 0.25) is 5.43 Å². The Kier molecular flexibility index (Phi) is 5.31. The maximum Gasteiger partial charge on any atom is 0.336 e. The number of aromatic hydroxyl groups is 1. The standard InChI is InChI=1S/C19H18O4/c1-13(2)15-4-3-5-18(17(21)12-15)23-19(22)11-8-14-6-9-16(20)10-7-14/h3-13,20H,1-2H3/b11-8+. The van der Waals surface area contributed by atoms with Gasteiger partial charge in [0.05, 0.1) is 0 Å². The monoisotopic (exact) mass is 310 g/mol. The third kappa shape index (κ3) is 4.81. The van der Waals surface area contributed by atoms with E-state index >= 15 is 0 Å². The van der Waals surface area contributed by atoms with Crippen LogP contribution in [0, 0.1) is 0 Å². The number of benzene rings is 1. The van der Waals surface area contributed by atoms with E-state index in [4.69, 9.17) is 4.74 Å². The fraction of sp³-hybridized carbons (Fsp3) is 0.158. The molecule has 0 aromatic heterocycles. The third-order valence-corrected chi connectivity index (χ3v) is 3.26. The number of phenols is 1. The molecule has 0 spiro atoms. The van der Waals surface area contributed by atoms with Gasteiger partial charge in [-0.3, -0.25) is 4.79 Å². The molecule has 0 amide bonds. The summed E-state index contributed by atoms with van der Waals surface area (Å²) in [5.74, 6) is -0.267. The highest BCUT2D eigenvalue weighted by molar-refractivity contribution is 5.88. The Morgan fingerprint density at radius 2 is 1.83 bits per heavy atom. The quantitative estimate of drug-likeness (QED) is 0.693. The molecule has 0 heterocycles. The van der Waals surface area contributed by atoms with Crippen LogP contribution in [-0.2, 0) is 4.79 Å². The van der Waals surface area contributed by atoms with Gasteiger partial charge in [0.1, 0.15) is 5.75 Å². The van der Waals surface area contributed by atoms with Crippen molar-refractivity contribution in [3.05, 3.63) is 76.0 Å². The molecular formula is C19H18O4. The molecular weight excluding hydrogens is 292 g/mol. The van der Waals surface area contributed by atoms with Crippen LogP contribution in [0.5, 0.6) is 11.5 Å². The van der Waals surface area contributed by atoms with E-state index in [0.29, 0.717) is 0 Å². The Labute approximate surface area is 134 Å². The highest BCUT2D eigenvalue weighted by Crippen LogP contribution is 2.13. The molecule has 0 radical (unpaired) electrons. The Hall–Kier alpha value is -2.88. The first-order valence-electron chi connectivity index (χ1n) is 7.29. The Morgan fingerprint density at radius 3 is 2.48 bits per heavy atom.